The van der Waals surface area contributed by atoms with Gasteiger partial charge in [-0.15, -0.1) is 0 Å². The summed E-state index contributed by atoms with van der Waals surface area (Å²) in [6, 6.07) is 0.0215. The molecule has 20 heavy (non-hydrogen) atoms. The molecule has 2 heterocycles. The number of aryl methyl sites for hydroxylation is 1. The van der Waals surface area contributed by atoms with Gasteiger partial charge in [0.1, 0.15) is 0 Å². The molecule has 1 aromatic heterocycles. The van der Waals surface area contributed by atoms with E-state index in [1.54, 1.807) is 11.4 Å². The first-order chi connectivity index (χ1) is 9.39. The maximum absolute atomic E-state index is 12.9. The summed E-state index contributed by atoms with van der Waals surface area (Å²) in [4.78, 5) is 0. The van der Waals surface area contributed by atoms with E-state index in [1.165, 1.54) is 0 Å². The van der Waals surface area contributed by atoms with Gasteiger partial charge in [0.25, 0.3) is 10.0 Å². The zero-order valence-electron chi connectivity index (χ0n) is 12.6. The first kappa shape index (κ1) is 15.5. The Morgan fingerprint density at radius 1 is 1.45 bits per heavy atom. The van der Waals surface area contributed by atoms with Crippen molar-refractivity contribution in [3.8, 4) is 0 Å². The molecule has 0 bridgehead atoms. The maximum atomic E-state index is 12.9. The minimum absolute atomic E-state index is 0.0215. The number of aromatic amines is 1. The third kappa shape index (κ3) is 2.62. The fraction of sp³-hybridized carbons (Fsp3) is 0.769. The van der Waals surface area contributed by atoms with E-state index in [0.717, 1.165) is 24.1 Å². The summed E-state index contributed by atoms with van der Waals surface area (Å²) in [7, 11) is -1.73. The molecule has 1 aliphatic rings. The molecule has 1 fully saturated rings. The summed E-state index contributed by atoms with van der Waals surface area (Å²) >= 11 is 0. The Kier molecular flexibility index (Phi) is 4.51. The second-order valence-electron chi connectivity index (χ2n) is 5.64. The topological polar surface area (TPSA) is 78.1 Å². The number of piperidine rings is 1. The number of H-pyrrole nitrogens is 1. The van der Waals surface area contributed by atoms with Gasteiger partial charge in [0.15, 0.2) is 5.03 Å². The largest absolute Gasteiger partial charge is 0.316 e. The highest BCUT2D eigenvalue weighted by Crippen LogP contribution is 2.29. The van der Waals surface area contributed by atoms with Crippen LogP contribution in [-0.2, 0) is 16.6 Å². The van der Waals surface area contributed by atoms with E-state index in [0.29, 0.717) is 19.0 Å². The molecule has 1 aliphatic heterocycles. The van der Waals surface area contributed by atoms with Crippen molar-refractivity contribution in [2.75, 3.05) is 13.6 Å². The summed E-state index contributed by atoms with van der Waals surface area (Å²) < 4.78 is 27.3. The van der Waals surface area contributed by atoms with E-state index >= 15 is 0 Å². The van der Waals surface area contributed by atoms with Gasteiger partial charge in [-0.3, -0.25) is 5.10 Å². The SMILES string of the molecule is CNCc1c(S(=O)(=O)N2CCCC(C)C2C)n[nH]c1C. The van der Waals surface area contributed by atoms with E-state index in [1.807, 2.05) is 13.8 Å². The lowest BCUT2D eigenvalue weighted by Gasteiger charge is -2.36. The predicted molar refractivity (Wildman–Crippen MR) is 77.8 cm³/mol. The predicted octanol–water partition coefficient (Wildman–Crippen LogP) is 1.25. The Morgan fingerprint density at radius 2 is 2.15 bits per heavy atom. The van der Waals surface area contributed by atoms with Crippen molar-refractivity contribution < 1.29 is 8.42 Å². The third-order valence-electron chi connectivity index (χ3n) is 4.26. The molecule has 2 N–H and O–H groups in total. The van der Waals surface area contributed by atoms with E-state index in [4.69, 9.17) is 0 Å². The molecule has 2 unspecified atom stereocenters. The Bertz CT molecular complexity index is 567. The molecule has 114 valence electrons. The summed E-state index contributed by atoms with van der Waals surface area (Å²) in [5.74, 6) is 0.381. The molecule has 0 radical (unpaired) electrons. The molecule has 7 heteroatoms. The van der Waals surface area contributed by atoms with Gasteiger partial charge in [-0.25, -0.2) is 8.42 Å². The molecule has 0 aromatic carbocycles. The summed E-state index contributed by atoms with van der Waals surface area (Å²) in [5.41, 5.74) is 1.54. The van der Waals surface area contributed by atoms with Crippen molar-refractivity contribution >= 4 is 10.0 Å². The molecule has 1 aromatic rings. The molecular weight excluding hydrogens is 276 g/mol. The molecule has 0 amide bonds. The van der Waals surface area contributed by atoms with Crippen LogP contribution in [0.1, 0.15) is 37.9 Å². The van der Waals surface area contributed by atoms with Gasteiger partial charge in [0, 0.05) is 30.4 Å². The minimum Gasteiger partial charge on any atom is -0.316 e. The lowest BCUT2D eigenvalue weighted by Crippen LogP contribution is -2.46. The highest BCUT2D eigenvalue weighted by Gasteiger charge is 2.37. The van der Waals surface area contributed by atoms with Crippen LogP contribution in [0.2, 0.25) is 0 Å². The van der Waals surface area contributed by atoms with E-state index in [2.05, 4.69) is 22.4 Å². The Hall–Kier alpha value is -0.920. The number of sulfonamides is 1. The lowest BCUT2D eigenvalue weighted by atomic mass is 9.94. The first-order valence-corrected chi connectivity index (χ1v) is 8.54. The zero-order chi connectivity index (χ0) is 14.9. The quantitative estimate of drug-likeness (QED) is 0.877. The molecule has 6 nitrogen and oxygen atoms in total. The Balaban J connectivity index is 2.40. The molecule has 0 aliphatic carbocycles. The molecule has 2 rings (SSSR count). The van der Waals surface area contributed by atoms with Gasteiger partial charge in [0.05, 0.1) is 0 Å². The van der Waals surface area contributed by atoms with Crippen molar-refractivity contribution in [2.45, 2.75) is 51.2 Å². The number of hydrogen-bond donors (Lipinski definition) is 2. The first-order valence-electron chi connectivity index (χ1n) is 7.10. The second kappa shape index (κ2) is 5.83. The van der Waals surface area contributed by atoms with Crippen LogP contribution in [0.15, 0.2) is 5.03 Å². The van der Waals surface area contributed by atoms with Crippen molar-refractivity contribution in [1.29, 1.82) is 0 Å². The van der Waals surface area contributed by atoms with Crippen molar-refractivity contribution in [1.82, 2.24) is 19.8 Å². The highest BCUT2D eigenvalue weighted by molar-refractivity contribution is 7.89. The van der Waals surface area contributed by atoms with Crippen molar-refractivity contribution in [2.24, 2.45) is 5.92 Å². The fourth-order valence-electron chi connectivity index (χ4n) is 2.78. The van der Waals surface area contributed by atoms with Crippen molar-refractivity contribution in [3.05, 3.63) is 11.3 Å². The highest BCUT2D eigenvalue weighted by atomic mass is 32.2. The van der Waals surface area contributed by atoms with Gasteiger partial charge in [-0.2, -0.15) is 9.40 Å². The molecule has 0 spiro atoms. The normalized spacial score (nSPS) is 25.0. The van der Waals surface area contributed by atoms with Gasteiger partial charge in [-0.1, -0.05) is 6.92 Å². The third-order valence-corrected chi connectivity index (χ3v) is 6.22. The van der Waals surface area contributed by atoms with Crippen molar-refractivity contribution in [3.63, 3.8) is 0 Å². The van der Waals surface area contributed by atoms with Crippen LogP contribution in [0.25, 0.3) is 0 Å². The van der Waals surface area contributed by atoms with E-state index < -0.39 is 10.0 Å². The maximum Gasteiger partial charge on any atom is 0.262 e. The molecule has 1 saturated heterocycles. The van der Waals surface area contributed by atoms with Gasteiger partial charge >= 0.3 is 0 Å². The number of aromatic nitrogens is 2. The second-order valence-corrected chi connectivity index (χ2v) is 7.44. The molecular formula is C13H24N4O2S. The Labute approximate surface area is 121 Å². The molecule has 2 atom stereocenters. The van der Waals surface area contributed by atoms with Crippen LogP contribution >= 0.6 is 0 Å². The lowest BCUT2D eigenvalue weighted by molar-refractivity contribution is 0.201. The van der Waals surface area contributed by atoms with Crippen LogP contribution in [-0.4, -0.2) is 42.6 Å². The van der Waals surface area contributed by atoms with E-state index in [-0.39, 0.29) is 11.1 Å². The smallest absolute Gasteiger partial charge is 0.262 e. The molecule has 0 saturated carbocycles. The minimum atomic E-state index is -3.53. The van der Waals surface area contributed by atoms with Gasteiger partial charge in [-0.05, 0) is 39.7 Å². The zero-order valence-corrected chi connectivity index (χ0v) is 13.4. The van der Waals surface area contributed by atoms with Crippen LogP contribution in [0.5, 0.6) is 0 Å². The standard InChI is InChI=1S/C13H24N4O2S/c1-9-6-5-7-17(11(9)3)20(18,19)13-12(8-14-4)10(2)15-16-13/h9,11,14H,5-8H2,1-4H3,(H,15,16). The number of rotatable bonds is 4. The monoisotopic (exact) mass is 300 g/mol. The number of nitrogens with zero attached hydrogens (tertiary/aromatic N) is 2. The summed E-state index contributed by atoms with van der Waals surface area (Å²) in [5, 5.41) is 10.0. The number of nitrogens with one attached hydrogen (secondary N) is 2. The number of hydrogen-bond acceptors (Lipinski definition) is 4. The van der Waals surface area contributed by atoms with Gasteiger partial charge < -0.3 is 5.32 Å². The fourth-order valence-corrected chi connectivity index (χ4v) is 4.71. The summed E-state index contributed by atoms with van der Waals surface area (Å²) in [6.07, 6.45) is 1.99. The Morgan fingerprint density at radius 3 is 2.80 bits per heavy atom. The average molecular weight is 300 g/mol. The van der Waals surface area contributed by atoms with Gasteiger partial charge in [0.2, 0.25) is 0 Å². The summed E-state index contributed by atoms with van der Waals surface area (Å²) in [6.45, 7) is 7.02. The van der Waals surface area contributed by atoms with E-state index in [9.17, 15) is 8.42 Å². The van der Waals surface area contributed by atoms with Crippen LogP contribution in [0.3, 0.4) is 0 Å². The van der Waals surface area contributed by atoms with Crippen LogP contribution < -0.4 is 5.32 Å². The van der Waals surface area contributed by atoms with Crippen LogP contribution in [0.4, 0.5) is 0 Å². The average Bonchev–Trinajstić information content (AvgIpc) is 2.75. The van der Waals surface area contributed by atoms with Crippen LogP contribution in [0, 0.1) is 12.8 Å².